The lowest BCUT2D eigenvalue weighted by molar-refractivity contribution is -0.139. The Hall–Kier alpha value is -3.53. The van der Waals surface area contributed by atoms with E-state index in [1.807, 2.05) is 11.4 Å². The van der Waals surface area contributed by atoms with Gasteiger partial charge in [-0.05, 0) is 30.5 Å². The van der Waals surface area contributed by atoms with Crippen LogP contribution in [-0.4, -0.2) is 45.4 Å². The Morgan fingerprint density at radius 1 is 1.03 bits per heavy atom. The van der Waals surface area contributed by atoms with Crippen molar-refractivity contribution in [2.24, 2.45) is 0 Å². The standard InChI is InChI=1S/C21H22N2O7S/c1-4-29-19(24)16-12(22-21(26)23-18(16)15-9-6-10-31-15)11-30-20(25)17-13(27-2)7-5-8-14(17)28-3/h5-10,18H,4,11H2,1-3H3,(H2,22,23,26). The van der Waals surface area contributed by atoms with Gasteiger partial charge in [0.1, 0.15) is 23.7 Å². The number of amides is 2. The van der Waals surface area contributed by atoms with Crippen LogP contribution in [0.25, 0.3) is 0 Å². The van der Waals surface area contributed by atoms with Crippen molar-refractivity contribution in [3.05, 3.63) is 57.4 Å². The van der Waals surface area contributed by atoms with Gasteiger partial charge in [0.2, 0.25) is 0 Å². The molecule has 0 saturated heterocycles. The predicted octanol–water partition coefficient (Wildman–Crippen LogP) is 2.79. The third kappa shape index (κ3) is 4.80. The van der Waals surface area contributed by atoms with E-state index < -0.39 is 24.0 Å². The van der Waals surface area contributed by atoms with Gasteiger partial charge in [-0.25, -0.2) is 14.4 Å². The maximum absolute atomic E-state index is 12.8. The van der Waals surface area contributed by atoms with Gasteiger partial charge in [0.05, 0.1) is 38.1 Å². The van der Waals surface area contributed by atoms with E-state index in [1.54, 1.807) is 31.2 Å². The van der Waals surface area contributed by atoms with Gasteiger partial charge in [0.15, 0.2) is 0 Å². The molecule has 2 amide bonds. The third-order valence-corrected chi connectivity index (χ3v) is 5.39. The van der Waals surface area contributed by atoms with Gasteiger partial charge in [-0.3, -0.25) is 0 Å². The molecule has 1 unspecified atom stereocenters. The van der Waals surface area contributed by atoms with Crippen LogP contribution in [-0.2, 0) is 14.3 Å². The van der Waals surface area contributed by atoms with Gasteiger partial charge in [0.25, 0.3) is 0 Å². The highest BCUT2D eigenvalue weighted by Crippen LogP contribution is 2.32. The number of esters is 2. The number of rotatable bonds is 8. The maximum atomic E-state index is 12.8. The van der Waals surface area contributed by atoms with Crippen LogP contribution in [0.4, 0.5) is 4.79 Å². The van der Waals surface area contributed by atoms with E-state index in [4.69, 9.17) is 18.9 Å². The molecule has 10 heteroatoms. The largest absolute Gasteiger partial charge is 0.496 e. The summed E-state index contributed by atoms with van der Waals surface area (Å²) in [4.78, 5) is 38.5. The molecular formula is C21H22N2O7S. The molecule has 0 fully saturated rings. The second-order valence-electron chi connectivity index (χ2n) is 6.27. The maximum Gasteiger partial charge on any atom is 0.346 e. The number of hydrogen-bond donors (Lipinski definition) is 2. The molecule has 9 nitrogen and oxygen atoms in total. The molecule has 31 heavy (non-hydrogen) atoms. The molecule has 2 aromatic rings. The van der Waals surface area contributed by atoms with Gasteiger partial charge in [-0.2, -0.15) is 0 Å². The second kappa shape index (κ2) is 9.98. The Bertz CT molecular complexity index is 979. The molecule has 0 saturated carbocycles. The highest BCUT2D eigenvalue weighted by molar-refractivity contribution is 7.10. The first-order valence-electron chi connectivity index (χ1n) is 9.39. The van der Waals surface area contributed by atoms with Crippen molar-refractivity contribution in [2.75, 3.05) is 27.4 Å². The van der Waals surface area contributed by atoms with Crippen molar-refractivity contribution in [3.8, 4) is 11.5 Å². The highest BCUT2D eigenvalue weighted by atomic mass is 32.1. The molecule has 1 atom stereocenters. The minimum absolute atomic E-state index is 0.0980. The predicted molar refractivity (Wildman–Crippen MR) is 112 cm³/mol. The molecule has 1 aromatic carbocycles. The quantitative estimate of drug-likeness (QED) is 0.600. The molecule has 0 spiro atoms. The summed E-state index contributed by atoms with van der Waals surface area (Å²) in [6.45, 7) is 1.48. The number of thiophene rings is 1. The summed E-state index contributed by atoms with van der Waals surface area (Å²) < 4.78 is 21.1. The van der Waals surface area contributed by atoms with E-state index in [1.165, 1.54) is 25.6 Å². The number of hydrogen-bond acceptors (Lipinski definition) is 8. The summed E-state index contributed by atoms with van der Waals surface area (Å²) in [7, 11) is 2.84. The average molecular weight is 446 g/mol. The number of methoxy groups -OCH3 is 2. The zero-order valence-electron chi connectivity index (χ0n) is 17.2. The molecule has 3 rings (SSSR count). The van der Waals surface area contributed by atoms with Gasteiger partial charge in [-0.1, -0.05) is 12.1 Å². The molecule has 2 N–H and O–H groups in total. The topological polar surface area (TPSA) is 112 Å². The van der Waals surface area contributed by atoms with E-state index in [0.717, 1.165) is 4.88 Å². The number of benzene rings is 1. The monoisotopic (exact) mass is 446 g/mol. The number of nitrogens with one attached hydrogen (secondary N) is 2. The Morgan fingerprint density at radius 3 is 2.32 bits per heavy atom. The van der Waals surface area contributed by atoms with Gasteiger partial charge in [0, 0.05) is 4.88 Å². The number of urea groups is 1. The molecule has 164 valence electrons. The summed E-state index contributed by atoms with van der Waals surface area (Å²) in [5.74, 6) is -0.802. The van der Waals surface area contributed by atoms with Crippen molar-refractivity contribution in [1.29, 1.82) is 0 Å². The molecule has 0 bridgehead atoms. The number of carbonyl (C=O) groups excluding carboxylic acids is 3. The van der Waals surface area contributed by atoms with Crippen LogP contribution >= 0.6 is 11.3 Å². The third-order valence-electron chi connectivity index (χ3n) is 4.46. The lowest BCUT2D eigenvalue weighted by atomic mass is 10.0. The second-order valence-corrected chi connectivity index (χ2v) is 7.25. The fourth-order valence-corrected chi connectivity index (χ4v) is 3.90. The number of carbonyl (C=O) groups is 3. The first-order valence-corrected chi connectivity index (χ1v) is 10.3. The zero-order valence-corrected chi connectivity index (χ0v) is 18.0. The molecule has 0 radical (unpaired) electrons. The molecule has 1 aromatic heterocycles. The van der Waals surface area contributed by atoms with Crippen molar-refractivity contribution < 1.29 is 33.3 Å². The van der Waals surface area contributed by atoms with E-state index in [-0.39, 0.29) is 41.5 Å². The van der Waals surface area contributed by atoms with Crippen molar-refractivity contribution in [1.82, 2.24) is 10.6 Å². The van der Waals surface area contributed by atoms with E-state index in [0.29, 0.717) is 0 Å². The molecule has 0 aliphatic carbocycles. The van der Waals surface area contributed by atoms with E-state index >= 15 is 0 Å². The van der Waals surface area contributed by atoms with Crippen LogP contribution in [0.5, 0.6) is 11.5 Å². The highest BCUT2D eigenvalue weighted by Gasteiger charge is 2.35. The summed E-state index contributed by atoms with van der Waals surface area (Å²) >= 11 is 1.38. The SMILES string of the molecule is CCOC(=O)C1=C(COC(=O)c2c(OC)cccc2OC)NC(=O)NC1c1cccs1. The minimum Gasteiger partial charge on any atom is -0.496 e. The fraction of sp³-hybridized carbons (Fsp3) is 0.286. The lowest BCUT2D eigenvalue weighted by Crippen LogP contribution is -2.46. The Kier molecular flexibility index (Phi) is 7.14. The van der Waals surface area contributed by atoms with Crippen LogP contribution < -0.4 is 20.1 Å². The number of ether oxygens (including phenoxy) is 4. The van der Waals surface area contributed by atoms with Crippen molar-refractivity contribution >= 4 is 29.3 Å². The normalized spacial score (nSPS) is 15.6. The van der Waals surface area contributed by atoms with E-state index in [2.05, 4.69) is 10.6 Å². The van der Waals surface area contributed by atoms with Gasteiger partial charge in [-0.15, -0.1) is 11.3 Å². The van der Waals surface area contributed by atoms with Crippen LogP contribution in [0.15, 0.2) is 47.0 Å². The molecule has 1 aliphatic rings. The first-order chi connectivity index (χ1) is 15.0. The smallest absolute Gasteiger partial charge is 0.346 e. The van der Waals surface area contributed by atoms with Gasteiger partial charge >= 0.3 is 18.0 Å². The lowest BCUT2D eigenvalue weighted by Gasteiger charge is -2.28. The van der Waals surface area contributed by atoms with Crippen molar-refractivity contribution in [2.45, 2.75) is 13.0 Å². The summed E-state index contributed by atoms with van der Waals surface area (Å²) in [6.07, 6.45) is 0. The summed E-state index contributed by atoms with van der Waals surface area (Å²) in [6, 6.07) is 7.24. The van der Waals surface area contributed by atoms with Gasteiger partial charge < -0.3 is 29.6 Å². The van der Waals surface area contributed by atoms with E-state index in [9.17, 15) is 14.4 Å². The van der Waals surface area contributed by atoms with Crippen LogP contribution in [0.3, 0.4) is 0 Å². The molecule has 2 heterocycles. The summed E-state index contributed by atoms with van der Waals surface area (Å²) in [5.41, 5.74) is 0.410. The minimum atomic E-state index is -0.731. The Balaban J connectivity index is 1.93. The summed E-state index contributed by atoms with van der Waals surface area (Å²) in [5, 5.41) is 7.10. The van der Waals surface area contributed by atoms with Crippen LogP contribution in [0, 0.1) is 0 Å². The van der Waals surface area contributed by atoms with Crippen LogP contribution in [0.2, 0.25) is 0 Å². The molecular weight excluding hydrogens is 424 g/mol. The van der Waals surface area contributed by atoms with Crippen LogP contribution in [0.1, 0.15) is 28.2 Å². The average Bonchev–Trinajstić information content (AvgIpc) is 3.31. The van der Waals surface area contributed by atoms with Crippen molar-refractivity contribution in [3.63, 3.8) is 0 Å². The zero-order chi connectivity index (χ0) is 22.4. The Morgan fingerprint density at radius 2 is 1.74 bits per heavy atom. The molecule has 1 aliphatic heterocycles. The first kappa shape index (κ1) is 22.2. The fourth-order valence-electron chi connectivity index (χ4n) is 3.11. The Labute approximate surface area is 182 Å².